The first-order chi connectivity index (χ1) is 9.74. The van der Waals surface area contributed by atoms with Crippen LogP contribution in [-0.2, 0) is 6.42 Å². The van der Waals surface area contributed by atoms with Crippen LogP contribution in [0.15, 0.2) is 42.6 Å². The van der Waals surface area contributed by atoms with Crippen molar-refractivity contribution in [3.8, 4) is 5.75 Å². The van der Waals surface area contributed by atoms with E-state index in [1.165, 1.54) is 5.56 Å². The summed E-state index contributed by atoms with van der Waals surface area (Å²) in [5, 5.41) is 4.21. The molecular formula is C16H19ClN2O. The van der Waals surface area contributed by atoms with Gasteiger partial charge in [-0.3, -0.25) is 4.98 Å². The van der Waals surface area contributed by atoms with Crippen molar-refractivity contribution in [1.82, 2.24) is 10.3 Å². The summed E-state index contributed by atoms with van der Waals surface area (Å²) < 4.78 is 5.41. The normalized spacial score (nSPS) is 12.2. The highest BCUT2D eigenvalue weighted by Crippen LogP contribution is 2.26. The molecular weight excluding hydrogens is 272 g/mol. The minimum absolute atomic E-state index is 0.106. The van der Waals surface area contributed by atoms with Crippen molar-refractivity contribution < 1.29 is 4.74 Å². The monoisotopic (exact) mass is 290 g/mol. The number of nitrogens with zero attached hydrogens (tertiary/aromatic N) is 1. The van der Waals surface area contributed by atoms with Crippen LogP contribution in [0.25, 0.3) is 0 Å². The Morgan fingerprint density at radius 3 is 2.85 bits per heavy atom. The number of halogens is 1. The molecule has 1 heterocycles. The zero-order valence-electron chi connectivity index (χ0n) is 11.8. The molecule has 1 unspecified atom stereocenters. The van der Waals surface area contributed by atoms with Crippen LogP contribution in [-0.4, -0.2) is 18.6 Å². The van der Waals surface area contributed by atoms with E-state index in [1.54, 1.807) is 13.3 Å². The minimum atomic E-state index is 0.106. The lowest BCUT2D eigenvalue weighted by atomic mass is 10.0. The molecule has 106 valence electrons. The fourth-order valence-electron chi connectivity index (χ4n) is 2.25. The second kappa shape index (κ2) is 7.27. The number of hydrogen-bond acceptors (Lipinski definition) is 3. The molecule has 2 aromatic rings. The average Bonchev–Trinajstić information content (AvgIpc) is 2.47. The van der Waals surface area contributed by atoms with E-state index < -0.39 is 0 Å². The molecule has 0 aliphatic rings. The molecule has 1 atom stereocenters. The van der Waals surface area contributed by atoms with Crippen molar-refractivity contribution in [1.29, 1.82) is 0 Å². The Morgan fingerprint density at radius 2 is 2.15 bits per heavy atom. The summed E-state index contributed by atoms with van der Waals surface area (Å²) >= 11 is 6.05. The second-order valence-corrected chi connectivity index (χ2v) is 4.97. The number of ether oxygens (including phenoxy) is 1. The molecule has 3 nitrogen and oxygen atoms in total. The summed E-state index contributed by atoms with van der Waals surface area (Å²) in [5.41, 5.74) is 2.10. The van der Waals surface area contributed by atoms with Gasteiger partial charge in [-0.05, 0) is 42.8 Å². The largest absolute Gasteiger partial charge is 0.495 e. The number of aromatic nitrogens is 1. The number of methoxy groups -OCH3 is 1. The molecule has 0 saturated heterocycles. The van der Waals surface area contributed by atoms with E-state index in [-0.39, 0.29) is 6.04 Å². The maximum atomic E-state index is 6.05. The van der Waals surface area contributed by atoms with Crippen LogP contribution < -0.4 is 10.1 Å². The van der Waals surface area contributed by atoms with Gasteiger partial charge in [-0.1, -0.05) is 30.7 Å². The highest BCUT2D eigenvalue weighted by molar-refractivity contribution is 6.30. The SMILES string of the molecule is CCNC(Cc1cccc(Cl)c1)c1ncccc1OC. The summed E-state index contributed by atoms with van der Waals surface area (Å²) in [6, 6.07) is 11.8. The van der Waals surface area contributed by atoms with Gasteiger partial charge in [-0.2, -0.15) is 0 Å². The zero-order valence-corrected chi connectivity index (χ0v) is 12.5. The average molecular weight is 291 g/mol. The molecule has 1 aromatic heterocycles. The lowest BCUT2D eigenvalue weighted by Crippen LogP contribution is -2.24. The molecule has 0 spiro atoms. The number of likely N-dealkylation sites (N-methyl/N-ethyl adjacent to an activating group) is 1. The van der Waals surface area contributed by atoms with Gasteiger partial charge in [-0.15, -0.1) is 0 Å². The first-order valence-corrected chi connectivity index (χ1v) is 7.09. The van der Waals surface area contributed by atoms with Gasteiger partial charge in [0, 0.05) is 11.2 Å². The van der Waals surface area contributed by atoms with E-state index >= 15 is 0 Å². The highest BCUT2D eigenvalue weighted by atomic mass is 35.5. The molecule has 1 N–H and O–H groups in total. The van der Waals surface area contributed by atoms with E-state index in [0.29, 0.717) is 0 Å². The van der Waals surface area contributed by atoms with Crippen LogP contribution in [0.3, 0.4) is 0 Å². The van der Waals surface area contributed by atoms with Crippen LogP contribution in [0, 0.1) is 0 Å². The van der Waals surface area contributed by atoms with Crippen LogP contribution in [0.1, 0.15) is 24.2 Å². The van der Waals surface area contributed by atoms with Gasteiger partial charge >= 0.3 is 0 Å². The van der Waals surface area contributed by atoms with Crippen LogP contribution >= 0.6 is 11.6 Å². The number of benzene rings is 1. The van der Waals surface area contributed by atoms with Crippen molar-refractivity contribution in [2.75, 3.05) is 13.7 Å². The van der Waals surface area contributed by atoms with E-state index in [0.717, 1.165) is 29.4 Å². The summed E-state index contributed by atoms with van der Waals surface area (Å²) in [6.07, 6.45) is 2.61. The topological polar surface area (TPSA) is 34.2 Å². The van der Waals surface area contributed by atoms with Crippen LogP contribution in [0.2, 0.25) is 5.02 Å². The van der Waals surface area contributed by atoms with Gasteiger partial charge in [0.2, 0.25) is 0 Å². The van der Waals surface area contributed by atoms with Crippen molar-refractivity contribution in [2.45, 2.75) is 19.4 Å². The van der Waals surface area contributed by atoms with Crippen molar-refractivity contribution in [2.24, 2.45) is 0 Å². The molecule has 4 heteroatoms. The summed E-state index contributed by atoms with van der Waals surface area (Å²) in [7, 11) is 1.67. The molecule has 1 aromatic carbocycles. The van der Waals surface area contributed by atoms with E-state index in [2.05, 4.69) is 23.3 Å². The van der Waals surface area contributed by atoms with Gasteiger partial charge in [0.15, 0.2) is 0 Å². The Hall–Kier alpha value is -1.58. The van der Waals surface area contributed by atoms with Crippen molar-refractivity contribution in [3.63, 3.8) is 0 Å². The van der Waals surface area contributed by atoms with E-state index in [9.17, 15) is 0 Å². The van der Waals surface area contributed by atoms with Gasteiger partial charge in [0.05, 0.1) is 18.8 Å². The predicted molar refractivity (Wildman–Crippen MR) is 82.4 cm³/mol. The lowest BCUT2D eigenvalue weighted by molar-refractivity contribution is 0.394. The first kappa shape index (κ1) is 14.8. The number of nitrogens with one attached hydrogen (secondary N) is 1. The first-order valence-electron chi connectivity index (χ1n) is 6.71. The van der Waals surface area contributed by atoms with E-state index in [1.807, 2.05) is 30.3 Å². The predicted octanol–water partition coefficient (Wildman–Crippen LogP) is 3.64. The molecule has 0 saturated carbocycles. The number of hydrogen-bond donors (Lipinski definition) is 1. The highest BCUT2D eigenvalue weighted by Gasteiger charge is 2.17. The summed E-state index contributed by atoms with van der Waals surface area (Å²) in [5.74, 6) is 0.806. The van der Waals surface area contributed by atoms with Gasteiger partial charge < -0.3 is 10.1 Å². The molecule has 0 amide bonds. The van der Waals surface area contributed by atoms with Crippen LogP contribution in [0.5, 0.6) is 5.75 Å². The van der Waals surface area contributed by atoms with Crippen molar-refractivity contribution in [3.05, 3.63) is 58.9 Å². The van der Waals surface area contributed by atoms with Crippen molar-refractivity contribution >= 4 is 11.6 Å². The Kier molecular flexibility index (Phi) is 5.39. The number of rotatable bonds is 6. The van der Waals surface area contributed by atoms with Gasteiger partial charge in [-0.25, -0.2) is 0 Å². The molecule has 2 rings (SSSR count). The minimum Gasteiger partial charge on any atom is -0.495 e. The Balaban J connectivity index is 2.26. The van der Waals surface area contributed by atoms with E-state index in [4.69, 9.17) is 16.3 Å². The molecule has 0 radical (unpaired) electrons. The standard InChI is InChI=1S/C16H19ClN2O/c1-3-18-14(11-12-6-4-7-13(17)10-12)16-15(20-2)8-5-9-19-16/h4-10,14,18H,3,11H2,1-2H3. The Bertz CT molecular complexity index is 560. The lowest BCUT2D eigenvalue weighted by Gasteiger charge is -2.19. The molecule has 20 heavy (non-hydrogen) atoms. The Morgan fingerprint density at radius 1 is 1.30 bits per heavy atom. The maximum Gasteiger partial charge on any atom is 0.141 e. The third-order valence-corrected chi connectivity index (χ3v) is 3.36. The van der Waals surface area contributed by atoms with Gasteiger partial charge in [0.25, 0.3) is 0 Å². The molecule has 0 aliphatic heterocycles. The maximum absolute atomic E-state index is 6.05. The van der Waals surface area contributed by atoms with Crippen LogP contribution in [0.4, 0.5) is 0 Å². The smallest absolute Gasteiger partial charge is 0.141 e. The third kappa shape index (κ3) is 3.71. The number of pyridine rings is 1. The molecule has 0 fully saturated rings. The molecule has 0 aliphatic carbocycles. The fourth-order valence-corrected chi connectivity index (χ4v) is 2.46. The van der Waals surface area contributed by atoms with Gasteiger partial charge in [0.1, 0.15) is 5.75 Å². The Labute approximate surface area is 124 Å². The summed E-state index contributed by atoms with van der Waals surface area (Å²) in [4.78, 5) is 4.47. The zero-order chi connectivity index (χ0) is 14.4. The third-order valence-electron chi connectivity index (χ3n) is 3.13. The fraction of sp³-hybridized carbons (Fsp3) is 0.312. The summed E-state index contributed by atoms with van der Waals surface area (Å²) in [6.45, 7) is 2.95. The second-order valence-electron chi connectivity index (χ2n) is 4.54. The molecule has 0 bridgehead atoms. The quantitative estimate of drug-likeness (QED) is 0.882.